The Morgan fingerprint density at radius 2 is 2.00 bits per heavy atom. The van der Waals surface area contributed by atoms with Crippen molar-refractivity contribution >= 4 is 23.1 Å². The van der Waals surface area contributed by atoms with Gasteiger partial charge < -0.3 is 11.1 Å². The fraction of sp³-hybridized carbons (Fsp3) is 0.692. The Morgan fingerprint density at radius 3 is 2.72 bits per heavy atom. The standard InChI is InChI=1S/C13H21ClN4/c1-9-11(15)12(18-13(14)17-9)16-8-7-10-5-3-2-4-6-10/h10H,2-8,15H2,1H3,(H,16,17,18). The number of nitrogens with two attached hydrogens (primary N) is 1. The van der Waals surface area contributed by atoms with Gasteiger partial charge in [-0.05, 0) is 30.9 Å². The van der Waals surface area contributed by atoms with Crippen LogP contribution >= 0.6 is 11.6 Å². The van der Waals surface area contributed by atoms with Crippen LogP contribution in [-0.2, 0) is 0 Å². The molecular weight excluding hydrogens is 248 g/mol. The van der Waals surface area contributed by atoms with Crippen molar-refractivity contribution in [1.82, 2.24) is 9.97 Å². The molecule has 0 saturated heterocycles. The highest BCUT2D eigenvalue weighted by atomic mass is 35.5. The summed E-state index contributed by atoms with van der Waals surface area (Å²) in [5.41, 5.74) is 7.26. The van der Waals surface area contributed by atoms with Crippen molar-refractivity contribution in [3.63, 3.8) is 0 Å². The fourth-order valence-electron chi connectivity index (χ4n) is 2.55. The Morgan fingerprint density at radius 1 is 1.28 bits per heavy atom. The molecule has 1 saturated carbocycles. The van der Waals surface area contributed by atoms with Crippen LogP contribution in [-0.4, -0.2) is 16.5 Å². The van der Waals surface area contributed by atoms with Gasteiger partial charge in [0, 0.05) is 6.54 Å². The van der Waals surface area contributed by atoms with Crippen molar-refractivity contribution in [1.29, 1.82) is 0 Å². The minimum absolute atomic E-state index is 0.252. The summed E-state index contributed by atoms with van der Waals surface area (Å²) in [5, 5.41) is 3.53. The van der Waals surface area contributed by atoms with E-state index in [0.717, 1.165) is 18.2 Å². The van der Waals surface area contributed by atoms with Crippen LogP contribution < -0.4 is 11.1 Å². The normalized spacial score (nSPS) is 16.8. The average Bonchev–Trinajstić information content (AvgIpc) is 2.36. The molecule has 1 heterocycles. The molecule has 1 aromatic heterocycles. The zero-order valence-electron chi connectivity index (χ0n) is 10.9. The van der Waals surface area contributed by atoms with Gasteiger partial charge in [-0.15, -0.1) is 0 Å². The van der Waals surface area contributed by atoms with E-state index in [1.165, 1.54) is 38.5 Å². The Balaban J connectivity index is 1.86. The van der Waals surface area contributed by atoms with Crippen LogP contribution in [0.3, 0.4) is 0 Å². The van der Waals surface area contributed by atoms with Crippen LogP contribution in [0.4, 0.5) is 11.5 Å². The highest BCUT2D eigenvalue weighted by molar-refractivity contribution is 6.28. The van der Waals surface area contributed by atoms with E-state index >= 15 is 0 Å². The van der Waals surface area contributed by atoms with Crippen LogP contribution in [0.15, 0.2) is 0 Å². The van der Waals surface area contributed by atoms with E-state index in [1.54, 1.807) is 0 Å². The predicted molar refractivity (Wildman–Crippen MR) is 75.9 cm³/mol. The Bertz CT molecular complexity index is 402. The van der Waals surface area contributed by atoms with Crippen LogP contribution in [0.5, 0.6) is 0 Å². The number of aryl methyl sites for hydroxylation is 1. The summed E-state index contributed by atoms with van der Waals surface area (Å²) in [7, 11) is 0. The molecule has 1 aliphatic carbocycles. The van der Waals surface area contributed by atoms with Gasteiger partial charge in [0.25, 0.3) is 0 Å². The molecule has 5 heteroatoms. The van der Waals surface area contributed by atoms with E-state index in [0.29, 0.717) is 11.5 Å². The SMILES string of the molecule is Cc1nc(Cl)nc(NCCC2CCCCC2)c1N. The first-order valence-corrected chi connectivity index (χ1v) is 7.08. The lowest BCUT2D eigenvalue weighted by atomic mass is 9.87. The molecule has 1 fully saturated rings. The van der Waals surface area contributed by atoms with Crippen molar-refractivity contribution in [3.8, 4) is 0 Å². The smallest absolute Gasteiger partial charge is 0.224 e. The molecule has 18 heavy (non-hydrogen) atoms. The summed E-state index contributed by atoms with van der Waals surface area (Å²) in [6.45, 7) is 2.75. The Kier molecular flexibility index (Phi) is 4.64. The quantitative estimate of drug-likeness (QED) is 0.822. The Labute approximate surface area is 113 Å². The monoisotopic (exact) mass is 268 g/mol. The molecule has 0 aliphatic heterocycles. The van der Waals surface area contributed by atoms with E-state index in [1.807, 2.05) is 6.92 Å². The van der Waals surface area contributed by atoms with Crippen LogP contribution in [0.2, 0.25) is 5.28 Å². The van der Waals surface area contributed by atoms with E-state index in [4.69, 9.17) is 17.3 Å². The number of halogens is 1. The summed E-state index contributed by atoms with van der Waals surface area (Å²) in [5.74, 6) is 1.52. The molecule has 0 amide bonds. The first-order chi connectivity index (χ1) is 8.66. The van der Waals surface area contributed by atoms with Crippen molar-refractivity contribution in [3.05, 3.63) is 11.0 Å². The highest BCUT2D eigenvalue weighted by Crippen LogP contribution is 2.27. The molecule has 100 valence electrons. The molecule has 0 atom stereocenters. The van der Waals surface area contributed by atoms with Crippen molar-refractivity contribution in [2.24, 2.45) is 5.92 Å². The van der Waals surface area contributed by atoms with Crippen LogP contribution in [0.1, 0.15) is 44.2 Å². The van der Waals surface area contributed by atoms with Crippen LogP contribution in [0, 0.1) is 12.8 Å². The fourth-order valence-corrected chi connectivity index (χ4v) is 2.76. The maximum atomic E-state index is 5.92. The number of rotatable bonds is 4. The third-order valence-electron chi connectivity index (χ3n) is 3.68. The van der Waals surface area contributed by atoms with Gasteiger partial charge in [0.15, 0.2) is 5.82 Å². The summed E-state index contributed by atoms with van der Waals surface area (Å²) < 4.78 is 0. The largest absolute Gasteiger partial charge is 0.394 e. The minimum Gasteiger partial charge on any atom is -0.394 e. The minimum atomic E-state index is 0.252. The molecular formula is C13H21ClN4. The second kappa shape index (κ2) is 6.23. The maximum Gasteiger partial charge on any atom is 0.224 e. The lowest BCUT2D eigenvalue weighted by molar-refractivity contribution is 0.345. The van der Waals surface area contributed by atoms with E-state index in [2.05, 4.69) is 15.3 Å². The Hall–Kier alpha value is -1.03. The molecule has 0 aromatic carbocycles. The molecule has 1 aliphatic rings. The second-order valence-corrected chi connectivity index (χ2v) is 5.40. The number of nitrogens with zero attached hydrogens (tertiary/aromatic N) is 2. The van der Waals surface area contributed by atoms with E-state index in [-0.39, 0.29) is 5.28 Å². The molecule has 4 nitrogen and oxygen atoms in total. The lowest BCUT2D eigenvalue weighted by Crippen LogP contribution is -2.14. The third kappa shape index (κ3) is 3.48. The van der Waals surface area contributed by atoms with Crippen molar-refractivity contribution in [2.45, 2.75) is 45.4 Å². The van der Waals surface area contributed by atoms with E-state index in [9.17, 15) is 0 Å². The number of hydrogen-bond acceptors (Lipinski definition) is 4. The lowest BCUT2D eigenvalue weighted by Gasteiger charge is -2.21. The zero-order chi connectivity index (χ0) is 13.0. The zero-order valence-corrected chi connectivity index (χ0v) is 11.6. The molecule has 1 aromatic rings. The molecule has 2 rings (SSSR count). The number of nitrogens with one attached hydrogen (secondary N) is 1. The van der Waals surface area contributed by atoms with Gasteiger partial charge in [-0.1, -0.05) is 32.1 Å². The van der Waals surface area contributed by atoms with Gasteiger partial charge in [-0.2, -0.15) is 4.98 Å². The summed E-state index contributed by atoms with van der Waals surface area (Å²) >= 11 is 5.83. The third-order valence-corrected chi connectivity index (χ3v) is 3.85. The van der Waals surface area contributed by atoms with Gasteiger partial charge in [0.05, 0.1) is 11.4 Å². The van der Waals surface area contributed by atoms with Crippen LogP contribution in [0.25, 0.3) is 0 Å². The number of nitrogen functional groups attached to an aromatic ring is 1. The molecule has 0 unspecified atom stereocenters. The van der Waals surface area contributed by atoms with Crippen molar-refractivity contribution < 1.29 is 0 Å². The molecule has 0 spiro atoms. The first-order valence-electron chi connectivity index (χ1n) is 6.70. The van der Waals surface area contributed by atoms with Crippen molar-refractivity contribution in [2.75, 3.05) is 17.6 Å². The molecule has 0 radical (unpaired) electrons. The van der Waals surface area contributed by atoms with Gasteiger partial charge in [-0.25, -0.2) is 4.98 Å². The number of aromatic nitrogens is 2. The second-order valence-electron chi connectivity index (χ2n) is 5.06. The summed E-state index contributed by atoms with van der Waals surface area (Å²) in [6.07, 6.45) is 8.07. The summed E-state index contributed by atoms with van der Waals surface area (Å²) in [6, 6.07) is 0. The number of anilines is 2. The van der Waals surface area contributed by atoms with E-state index < -0.39 is 0 Å². The van der Waals surface area contributed by atoms with Gasteiger partial charge >= 0.3 is 0 Å². The van der Waals surface area contributed by atoms with Gasteiger partial charge in [0.1, 0.15) is 0 Å². The first kappa shape index (κ1) is 13.4. The molecule has 3 N–H and O–H groups in total. The molecule has 0 bridgehead atoms. The summed E-state index contributed by atoms with van der Waals surface area (Å²) in [4.78, 5) is 8.16. The van der Waals surface area contributed by atoms with Gasteiger partial charge in [-0.3, -0.25) is 0 Å². The van der Waals surface area contributed by atoms with Gasteiger partial charge in [0.2, 0.25) is 5.28 Å². The number of hydrogen-bond donors (Lipinski definition) is 2. The predicted octanol–water partition coefficient (Wildman–Crippen LogP) is 3.40. The highest BCUT2D eigenvalue weighted by Gasteiger charge is 2.13. The topological polar surface area (TPSA) is 63.8 Å². The average molecular weight is 269 g/mol. The maximum absolute atomic E-state index is 5.92.